The SMILES string of the molecule is CCn1ncc(CNC(=O)CCn2nccc2C)c1C. The second-order valence-electron chi connectivity index (χ2n) is 4.79. The van der Waals surface area contributed by atoms with Crippen molar-refractivity contribution in [2.75, 3.05) is 0 Å². The van der Waals surface area contributed by atoms with Crippen molar-refractivity contribution in [3.05, 3.63) is 35.4 Å². The van der Waals surface area contributed by atoms with Crippen LogP contribution in [0, 0.1) is 13.8 Å². The van der Waals surface area contributed by atoms with Gasteiger partial charge in [-0.3, -0.25) is 14.2 Å². The van der Waals surface area contributed by atoms with Crippen LogP contribution in [0.2, 0.25) is 0 Å². The van der Waals surface area contributed by atoms with Crippen molar-refractivity contribution < 1.29 is 4.79 Å². The van der Waals surface area contributed by atoms with E-state index in [-0.39, 0.29) is 5.91 Å². The van der Waals surface area contributed by atoms with Crippen molar-refractivity contribution in [1.29, 1.82) is 0 Å². The number of amides is 1. The van der Waals surface area contributed by atoms with Crippen LogP contribution < -0.4 is 5.32 Å². The molecule has 2 aromatic heterocycles. The number of nitrogens with zero attached hydrogens (tertiary/aromatic N) is 4. The molecule has 2 rings (SSSR count). The molecule has 0 radical (unpaired) electrons. The summed E-state index contributed by atoms with van der Waals surface area (Å²) in [4.78, 5) is 11.8. The standard InChI is InChI=1S/C14H21N5O/c1-4-18-12(3)13(10-17-18)9-15-14(20)6-8-19-11(2)5-7-16-19/h5,7,10H,4,6,8-9H2,1-3H3,(H,15,20). The van der Waals surface area contributed by atoms with E-state index in [9.17, 15) is 4.79 Å². The average molecular weight is 275 g/mol. The highest BCUT2D eigenvalue weighted by Gasteiger charge is 2.08. The van der Waals surface area contributed by atoms with Crippen LogP contribution in [0.4, 0.5) is 0 Å². The average Bonchev–Trinajstić information content (AvgIpc) is 3.00. The maximum atomic E-state index is 11.8. The Balaban J connectivity index is 1.80. The number of carbonyl (C=O) groups excluding carboxylic acids is 1. The summed E-state index contributed by atoms with van der Waals surface area (Å²) in [7, 11) is 0. The second-order valence-corrected chi connectivity index (χ2v) is 4.79. The van der Waals surface area contributed by atoms with Gasteiger partial charge in [-0.1, -0.05) is 0 Å². The Bertz CT molecular complexity index is 584. The maximum absolute atomic E-state index is 11.8. The minimum atomic E-state index is 0.0311. The van der Waals surface area contributed by atoms with Gasteiger partial charge in [0.05, 0.1) is 6.20 Å². The number of aromatic nitrogens is 4. The zero-order valence-corrected chi connectivity index (χ0v) is 12.3. The molecule has 0 saturated heterocycles. The van der Waals surface area contributed by atoms with Crippen LogP contribution in [0.1, 0.15) is 30.3 Å². The van der Waals surface area contributed by atoms with Gasteiger partial charge in [0.1, 0.15) is 0 Å². The third-order valence-electron chi connectivity index (χ3n) is 3.46. The fourth-order valence-electron chi connectivity index (χ4n) is 2.10. The fraction of sp³-hybridized carbons (Fsp3) is 0.500. The van der Waals surface area contributed by atoms with Crippen molar-refractivity contribution in [2.45, 2.75) is 46.8 Å². The zero-order valence-electron chi connectivity index (χ0n) is 12.3. The molecule has 108 valence electrons. The molecule has 6 nitrogen and oxygen atoms in total. The van der Waals surface area contributed by atoms with E-state index in [0.717, 1.165) is 23.5 Å². The lowest BCUT2D eigenvalue weighted by molar-refractivity contribution is -0.121. The van der Waals surface area contributed by atoms with Gasteiger partial charge in [-0.2, -0.15) is 10.2 Å². The minimum absolute atomic E-state index is 0.0311. The van der Waals surface area contributed by atoms with Crippen LogP contribution in [0.3, 0.4) is 0 Å². The Labute approximate surface area is 118 Å². The zero-order chi connectivity index (χ0) is 14.5. The van der Waals surface area contributed by atoms with Crippen LogP contribution in [-0.2, 0) is 24.4 Å². The first-order chi connectivity index (χ1) is 9.61. The smallest absolute Gasteiger partial charge is 0.222 e. The van der Waals surface area contributed by atoms with Gasteiger partial charge in [0.25, 0.3) is 0 Å². The summed E-state index contributed by atoms with van der Waals surface area (Å²) < 4.78 is 3.76. The molecule has 1 amide bonds. The van der Waals surface area contributed by atoms with E-state index in [2.05, 4.69) is 22.4 Å². The Morgan fingerprint density at radius 1 is 1.30 bits per heavy atom. The molecule has 0 aliphatic heterocycles. The van der Waals surface area contributed by atoms with E-state index in [1.54, 1.807) is 6.20 Å². The first-order valence-corrected chi connectivity index (χ1v) is 6.88. The third-order valence-corrected chi connectivity index (χ3v) is 3.46. The normalized spacial score (nSPS) is 10.8. The molecule has 20 heavy (non-hydrogen) atoms. The molecule has 2 aromatic rings. The predicted molar refractivity (Wildman–Crippen MR) is 76.1 cm³/mol. The lowest BCUT2D eigenvalue weighted by atomic mass is 10.2. The van der Waals surface area contributed by atoms with Crippen molar-refractivity contribution in [3.8, 4) is 0 Å². The minimum Gasteiger partial charge on any atom is -0.352 e. The second kappa shape index (κ2) is 6.36. The summed E-state index contributed by atoms with van der Waals surface area (Å²) >= 11 is 0. The molecule has 0 aromatic carbocycles. The third kappa shape index (κ3) is 3.26. The number of hydrogen-bond acceptors (Lipinski definition) is 3. The number of carbonyl (C=O) groups is 1. The van der Waals surface area contributed by atoms with Gasteiger partial charge < -0.3 is 5.32 Å². The summed E-state index contributed by atoms with van der Waals surface area (Å²) in [6.45, 7) is 8.03. The predicted octanol–water partition coefficient (Wildman–Crippen LogP) is 1.42. The summed E-state index contributed by atoms with van der Waals surface area (Å²) in [6.07, 6.45) is 4.00. The number of hydrogen-bond donors (Lipinski definition) is 1. The molecule has 2 heterocycles. The summed E-state index contributed by atoms with van der Waals surface area (Å²) in [6, 6.07) is 1.93. The maximum Gasteiger partial charge on any atom is 0.222 e. The molecule has 0 spiro atoms. The van der Waals surface area contributed by atoms with E-state index < -0.39 is 0 Å². The van der Waals surface area contributed by atoms with Gasteiger partial charge in [0.2, 0.25) is 5.91 Å². The van der Waals surface area contributed by atoms with Crippen LogP contribution in [0.5, 0.6) is 0 Å². The molecule has 0 fully saturated rings. The molecule has 6 heteroatoms. The molecule has 0 unspecified atom stereocenters. The Hall–Kier alpha value is -2.11. The topological polar surface area (TPSA) is 64.7 Å². The van der Waals surface area contributed by atoms with Crippen LogP contribution in [0.25, 0.3) is 0 Å². The van der Waals surface area contributed by atoms with Crippen molar-refractivity contribution in [3.63, 3.8) is 0 Å². The molecule has 0 aliphatic carbocycles. The highest BCUT2D eigenvalue weighted by atomic mass is 16.1. The van der Waals surface area contributed by atoms with Gasteiger partial charge in [-0.15, -0.1) is 0 Å². The Kier molecular flexibility index (Phi) is 4.55. The quantitative estimate of drug-likeness (QED) is 0.867. The Morgan fingerprint density at radius 3 is 2.70 bits per heavy atom. The molecular weight excluding hydrogens is 254 g/mol. The molecule has 1 N–H and O–H groups in total. The fourth-order valence-corrected chi connectivity index (χ4v) is 2.10. The van der Waals surface area contributed by atoms with Gasteiger partial charge >= 0.3 is 0 Å². The first-order valence-electron chi connectivity index (χ1n) is 6.88. The monoisotopic (exact) mass is 275 g/mol. The van der Waals surface area contributed by atoms with Crippen molar-refractivity contribution in [1.82, 2.24) is 24.9 Å². The summed E-state index contributed by atoms with van der Waals surface area (Å²) in [5.74, 6) is 0.0311. The highest BCUT2D eigenvalue weighted by molar-refractivity contribution is 5.75. The summed E-state index contributed by atoms with van der Waals surface area (Å²) in [5.41, 5.74) is 3.24. The van der Waals surface area contributed by atoms with Crippen molar-refractivity contribution in [2.24, 2.45) is 0 Å². The molecular formula is C14H21N5O. The first kappa shape index (κ1) is 14.3. The lowest BCUT2D eigenvalue weighted by Gasteiger charge is -2.07. The van der Waals surface area contributed by atoms with E-state index in [1.165, 1.54) is 0 Å². The van der Waals surface area contributed by atoms with Crippen LogP contribution in [0.15, 0.2) is 18.5 Å². The molecule has 0 aliphatic rings. The van der Waals surface area contributed by atoms with Crippen LogP contribution >= 0.6 is 0 Å². The van der Waals surface area contributed by atoms with E-state index in [1.807, 2.05) is 35.5 Å². The largest absolute Gasteiger partial charge is 0.352 e. The lowest BCUT2D eigenvalue weighted by Crippen LogP contribution is -2.24. The molecule has 0 atom stereocenters. The number of rotatable bonds is 6. The van der Waals surface area contributed by atoms with Gasteiger partial charge in [0, 0.05) is 49.2 Å². The molecule has 0 bridgehead atoms. The molecule has 0 saturated carbocycles. The van der Waals surface area contributed by atoms with Gasteiger partial charge in [-0.05, 0) is 26.8 Å². The number of aryl methyl sites for hydroxylation is 3. The highest BCUT2D eigenvalue weighted by Crippen LogP contribution is 2.06. The van der Waals surface area contributed by atoms with E-state index in [4.69, 9.17) is 0 Å². The number of nitrogens with one attached hydrogen (secondary N) is 1. The van der Waals surface area contributed by atoms with Gasteiger partial charge in [0.15, 0.2) is 0 Å². The van der Waals surface area contributed by atoms with Crippen molar-refractivity contribution >= 4 is 5.91 Å². The van der Waals surface area contributed by atoms with E-state index >= 15 is 0 Å². The van der Waals surface area contributed by atoms with Crippen LogP contribution in [-0.4, -0.2) is 25.5 Å². The Morgan fingerprint density at radius 2 is 2.10 bits per heavy atom. The van der Waals surface area contributed by atoms with E-state index in [0.29, 0.717) is 19.5 Å². The summed E-state index contributed by atoms with van der Waals surface area (Å²) in [5, 5.41) is 11.3. The van der Waals surface area contributed by atoms with Gasteiger partial charge in [-0.25, -0.2) is 0 Å².